The molecule has 0 saturated carbocycles. The zero-order chi connectivity index (χ0) is 13.1. The van der Waals surface area contributed by atoms with Crippen molar-refractivity contribution in [3.05, 3.63) is 0 Å². The van der Waals surface area contributed by atoms with E-state index in [1.54, 1.807) is 13.8 Å². The van der Waals surface area contributed by atoms with E-state index >= 15 is 0 Å². The summed E-state index contributed by atoms with van der Waals surface area (Å²) in [4.78, 5) is 2.25. The maximum Gasteiger partial charge on any atom is 0.153 e. The van der Waals surface area contributed by atoms with Crippen molar-refractivity contribution in [1.82, 2.24) is 4.90 Å². The van der Waals surface area contributed by atoms with Gasteiger partial charge in [0.15, 0.2) is 9.84 Å². The highest BCUT2D eigenvalue weighted by Gasteiger charge is 2.23. The normalized spacial score (nSPS) is 20.7. The molecule has 0 aromatic rings. The van der Waals surface area contributed by atoms with Gasteiger partial charge in [-0.1, -0.05) is 0 Å². The van der Waals surface area contributed by atoms with Crippen LogP contribution in [0.5, 0.6) is 0 Å². The van der Waals surface area contributed by atoms with Crippen LogP contribution < -0.4 is 5.73 Å². The SMILES string of the molecule is CC(N)C1CCN(CCS(=O)(=O)C(C)C)CC1.Cl. The number of halogens is 1. The number of piperidine rings is 1. The van der Waals surface area contributed by atoms with E-state index in [2.05, 4.69) is 11.8 Å². The molecule has 1 atom stereocenters. The molecule has 0 radical (unpaired) electrons. The Morgan fingerprint density at radius 2 is 1.72 bits per heavy atom. The minimum Gasteiger partial charge on any atom is -0.328 e. The fourth-order valence-corrected chi connectivity index (χ4v) is 3.18. The van der Waals surface area contributed by atoms with Gasteiger partial charge in [-0.3, -0.25) is 0 Å². The summed E-state index contributed by atoms with van der Waals surface area (Å²) in [6.45, 7) is 8.20. The molecule has 1 fully saturated rings. The molecule has 0 aliphatic carbocycles. The van der Waals surface area contributed by atoms with Crippen molar-refractivity contribution in [2.45, 2.75) is 44.9 Å². The Kier molecular flexibility index (Phi) is 7.75. The number of likely N-dealkylation sites (tertiary alicyclic amines) is 1. The van der Waals surface area contributed by atoms with Gasteiger partial charge in [0.2, 0.25) is 0 Å². The standard InChI is InChI=1S/C12H26N2O2S.ClH/c1-10(2)17(15,16)9-8-14-6-4-12(5-7-14)11(3)13;/h10-12H,4-9,13H2,1-3H3;1H. The van der Waals surface area contributed by atoms with E-state index in [4.69, 9.17) is 5.73 Å². The molecule has 4 nitrogen and oxygen atoms in total. The fourth-order valence-electron chi connectivity index (χ4n) is 2.19. The molecule has 110 valence electrons. The van der Waals surface area contributed by atoms with E-state index in [1.165, 1.54) is 0 Å². The first-order valence-corrected chi connectivity index (χ1v) is 8.24. The van der Waals surface area contributed by atoms with Gasteiger partial charge in [-0.05, 0) is 52.6 Å². The predicted molar refractivity (Wildman–Crippen MR) is 79.0 cm³/mol. The van der Waals surface area contributed by atoms with Gasteiger partial charge in [0.05, 0.1) is 11.0 Å². The lowest BCUT2D eigenvalue weighted by atomic mass is 9.91. The average Bonchev–Trinajstić information content (AvgIpc) is 2.27. The molecule has 1 heterocycles. The molecule has 6 heteroatoms. The van der Waals surface area contributed by atoms with Crippen molar-refractivity contribution in [1.29, 1.82) is 0 Å². The Bertz CT molecular complexity index is 323. The second-order valence-corrected chi connectivity index (χ2v) is 8.13. The second-order valence-electron chi connectivity index (χ2n) is 5.45. The van der Waals surface area contributed by atoms with Crippen LogP contribution in [0.2, 0.25) is 0 Å². The van der Waals surface area contributed by atoms with E-state index < -0.39 is 9.84 Å². The Labute approximate surface area is 118 Å². The van der Waals surface area contributed by atoms with E-state index in [9.17, 15) is 8.42 Å². The molecule has 0 aromatic heterocycles. The molecular formula is C12H27ClN2O2S. The van der Waals surface area contributed by atoms with Crippen molar-refractivity contribution in [2.24, 2.45) is 11.7 Å². The van der Waals surface area contributed by atoms with Crippen molar-refractivity contribution >= 4 is 22.2 Å². The number of hydrogen-bond donors (Lipinski definition) is 1. The molecule has 2 N–H and O–H groups in total. The molecule has 1 unspecified atom stereocenters. The lowest BCUT2D eigenvalue weighted by Gasteiger charge is -2.33. The number of hydrogen-bond acceptors (Lipinski definition) is 4. The van der Waals surface area contributed by atoms with Crippen LogP contribution in [0.3, 0.4) is 0 Å². The summed E-state index contributed by atoms with van der Waals surface area (Å²) in [5.74, 6) is 0.890. The van der Waals surface area contributed by atoms with E-state index in [0.29, 0.717) is 12.5 Å². The van der Waals surface area contributed by atoms with Gasteiger partial charge in [0.25, 0.3) is 0 Å². The molecule has 1 rings (SSSR count). The molecule has 18 heavy (non-hydrogen) atoms. The third-order valence-electron chi connectivity index (χ3n) is 3.79. The van der Waals surface area contributed by atoms with Gasteiger partial charge in [-0.25, -0.2) is 8.42 Å². The van der Waals surface area contributed by atoms with Crippen molar-refractivity contribution in [2.75, 3.05) is 25.4 Å². The lowest BCUT2D eigenvalue weighted by Crippen LogP contribution is -2.41. The summed E-state index contributed by atoms with van der Waals surface area (Å²) >= 11 is 0. The van der Waals surface area contributed by atoms with Crippen molar-refractivity contribution < 1.29 is 8.42 Å². The number of nitrogens with zero attached hydrogens (tertiary/aromatic N) is 1. The van der Waals surface area contributed by atoms with Gasteiger partial charge >= 0.3 is 0 Å². The highest BCUT2D eigenvalue weighted by atomic mass is 35.5. The van der Waals surface area contributed by atoms with Gasteiger partial charge in [-0.2, -0.15) is 0 Å². The first-order chi connectivity index (χ1) is 7.83. The average molecular weight is 299 g/mol. The predicted octanol–water partition coefficient (Wildman–Crippen LogP) is 1.29. The van der Waals surface area contributed by atoms with Crippen LogP contribution in [0.1, 0.15) is 33.6 Å². The summed E-state index contributed by atoms with van der Waals surface area (Å²) in [7, 11) is -2.89. The summed E-state index contributed by atoms with van der Waals surface area (Å²) in [5, 5.41) is -0.260. The molecule has 1 aliphatic rings. The molecule has 0 aromatic carbocycles. The minimum absolute atomic E-state index is 0. The monoisotopic (exact) mass is 298 g/mol. The molecule has 1 saturated heterocycles. The molecule has 0 bridgehead atoms. The Morgan fingerprint density at radius 3 is 2.11 bits per heavy atom. The highest BCUT2D eigenvalue weighted by Crippen LogP contribution is 2.19. The topological polar surface area (TPSA) is 63.4 Å². The van der Waals surface area contributed by atoms with Gasteiger partial charge in [0, 0.05) is 12.6 Å². The fraction of sp³-hybridized carbons (Fsp3) is 1.00. The molecule has 0 spiro atoms. The zero-order valence-corrected chi connectivity index (χ0v) is 13.3. The van der Waals surface area contributed by atoms with Crippen LogP contribution >= 0.6 is 12.4 Å². The van der Waals surface area contributed by atoms with E-state index in [0.717, 1.165) is 25.9 Å². The Balaban J connectivity index is 0.00000289. The number of rotatable bonds is 5. The highest BCUT2D eigenvalue weighted by molar-refractivity contribution is 7.92. The molecule has 1 aliphatic heterocycles. The third kappa shape index (κ3) is 5.43. The first-order valence-electron chi connectivity index (χ1n) is 6.52. The summed E-state index contributed by atoms with van der Waals surface area (Å²) in [5.41, 5.74) is 5.88. The van der Waals surface area contributed by atoms with Crippen LogP contribution in [-0.2, 0) is 9.84 Å². The Hall–Kier alpha value is 0.160. The zero-order valence-electron chi connectivity index (χ0n) is 11.6. The van der Waals surface area contributed by atoms with E-state index in [-0.39, 0.29) is 29.5 Å². The van der Waals surface area contributed by atoms with Crippen LogP contribution in [-0.4, -0.2) is 50.0 Å². The summed E-state index contributed by atoms with van der Waals surface area (Å²) in [6.07, 6.45) is 2.19. The summed E-state index contributed by atoms with van der Waals surface area (Å²) in [6, 6.07) is 0.261. The van der Waals surface area contributed by atoms with E-state index in [1.807, 2.05) is 0 Å². The second kappa shape index (κ2) is 7.68. The smallest absolute Gasteiger partial charge is 0.153 e. The van der Waals surface area contributed by atoms with Crippen molar-refractivity contribution in [3.8, 4) is 0 Å². The van der Waals surface area contributed by atoms with Gasteiger partial charge < -0.3 is 10.6 Å². The first kappa shape index (κ1) is 18.2. The van der Waals surface area contributed by atoms with Crippen LogP contribution in [0.25, 0.3) is 0 Å². The van der Waals surface area contributed by atoms with Crippen LogP contribution in [0, 0.1) is 5.92 Å². The van der Waals surface area contributed by atoms with Gasteiger partial charge in [0.1, 0.15) is 0 Å². The largest absolute Gasteiger partial charge is 0.328 e. The maximum atomic E-state index is 11.7. The number of nitrogens with two attached hydrogens (primary N) is 1. The summed E-state index contributed by atoms with van der Waals surface area (Å²) < 4.78 is 23.4. The number of sulfone groups is 1. The van der Waals surface area contributed by atoms with Crippen molar-refractivity contribution in [3.63, 3.8) is 0 Å². The molecule has 0 amide bonds. The quantitative estimate of drug-likeness (QED) is 0.831. The Morgan fingerprint density at radius 1 is 1.22 bits per heavy atom. The lowest BCUT2D eigenvalue weighted by molar-refractivity contribution is 0.180. The third-order valence-corrected chi connectivity index (χ3v) is 5.97. The minimum atomic E-state index is -2.89. The maximum absolute atomic E-state index is 11.7. The van der Waals surface area contributed by atoms with Crippen LogP contribution in [0.4, 0.5) is 0 Å². The van der Waals surface area contributed by atoms with Crippen LogP contribution in [0.15, 0.2) is 0 Å². The molecular weight excluding hydrogens is 272 g/mol. The van der Waals surface area contributed by atoms with Gasteiger partial charge in [-0.15, -0.1) is 12.4 Å².